The fourth-order valence-electron chi connectivity index (χ4n) is 2.55. The molecule has 3 nitrogen and oxygen atoms in total. The van der Waals surface area contributed by atoms with E-state index in [4.69, 9.17) is 0 Å². The van der Waals surface area contributed by atoms with E-state index in [9.17, 15) is 5.11 Å². The SMILES string of the molecule is CN(C)C1CCCN(c2ccccc2CO)C1. The van der Waals surface area contributed by atoms with Crippen molar-refractivity contribution in [3.8, 4) is 0 Å². The highest BCUT2D eigenvalue weighted by molar-refractivity contribution is 5.53. The van der Waals surface area contributed by atoms with Gasteiger partial charge in [0.15, 0.2) is 0 Å². The first-order valence-electron chi connectivity index (χ1n) is 6.32. The standard InChI is InChI=1S/C14H22N2O/c1-15(2)13-7-5-9-16(10-13)14-8-4-3-6-12(14)11-17/h3-4,6,8,13,17H,5,7,9-11H2,1-2H3. The molecule has 1 aromatic rings. The van der Waals surface area contributed by atoms with Crippen LogP contribution in [0.2, 0.25) is 0 Å². The summed E-state index contributed by atoms with van der Waals surface area (Å²) < 4.78 is 0. The number of aliphatic hydroxyl groups is 1. The second kappa shape index (κ2) is 5.52. The van der Waals surface area contributed by atoms with Gasteiger partial charge in [0, 0.05) is 30.4 Å². The number of hydrogen-bond acceptors (Lipinski definition) is 3. The number of anilines is 1. The molecule has 17 heavy (non-hydrogen) atoms. The van der Waals surface area contributed by atoms with Gasteiger partial charge in [0.05, 0.1) is 6.61 Å². The molecular formula is C14H22N2O. The summed E-state index contributed by atoms with van der Waals surface area (Å²) in [5, 5.41) is 9.39. The molecule has 1 aliphatic heterocycles. The summed E-state index contributed by atoms with van der Waals surface area (Å²) in [4.78, 5) is 4.70. The minimum atomic E-state index is 0.124. The minimum Gasteiger partial charge on any atom is -0.392 e. The molecule has 3 heteroatoms. The predicted octanol–water partition coefficient (Wildman–Crippen LogP) is 1.71. The van der Waals surface area contributed by atoms with E-state index in [0.29, 0.717) is 6.04 Å². The van der Waals surface area contributed by atoms with Crippen LogP contribution >= 0.6 is 0 Å². The van der Waals surface area contributed by atoms with Crippen LogP contribution in [0.25, 0.3) is 0 Å². The van der Waals surface area contributed by atoms with Crippen LogP contribution in [0.3, 0.4) is 0 Å². The Morgan fingerprint density at radius 1 is 1.35 bits per heavy atom. The monoisotopic (exact) mass is 234 g/mol. The van der Waals surface area contributed by atoms with Gasteiger partial charge in [-0.2, -0.15) is 0 Å². The quantitative estimate of drug-likeness (QED) is 0.862. The molecule has 0 bridgehead atoms. The normalized spacial score (nSPS) is 20.9. The lowest BCUT2D eigenvalue weighted by molar-refractivity contribution is 0.256. The second-order valence-corrected chi connectivity index (χ2v) is 4.99. The predicted molar refractivity (Wildman–Crippen MR) is 71.3 cm³/mol. The number of para-hydroxylation sites is 1. The molecule has 0 amide bonds. The largest absolute Gasteiger partial charge is 0.392 e. The van der Waals surface area contributed by atoms with E-state index in [2.05, 4.69) is 30.0 Å². The van der Waals surface area contributed by atoms with Crippen molar-refractivity contribution in [1.82, 2.24) is 4.90 Å². The van der Waals surface area contributed by atoms with Gasteiger partial charge in [-0.3, -0.25) is 0 Å². The summed E-state index contributed by atoms with van der Waals surface area (Å²) in [6.07, 6.45) is 2.49. The lowest BCUT2D eigenvalue weighted by Crippen LogP contribution is -2.45. The highest BCUT2D eigenvalue weighted by Gasteiger charge is 2.22. The van der Waals surface area contributed by atoms with Crippen molar-refractivity contribution in [3.63, 3.8) is 0 Å². The lowest BCUT2D eigenvalue weighted by atomic mass is 10.0. The maximum absolute atomic E-state index is 9.39. The topological polar surface area (TPSA) is 26.7 Å². The Labute approximate surface area is 104 Å². The van der Waals surface area contributed by atoms with Crippen molar-refractivity contribution in [1.29, 1.82) is 0 Å². The minimum absolute atomic E-state index is 0.124. The van der Waals surface area contributed by atoms with Crippen molar-refractivity contribution >= 4 is 5.69 Å². The van der Waals surface area contributed by atoms with Gasteiger partial charge >= 0.3 is 0 Å². The van der Waals surface area contributed by atoms with Gasteiger partial charge in [-0.15, -0.1) is 0 Å². The fraction of sp³-hybridized carbons (Fsp3) is 0.571. The summed E-state index contributed by atoms with van der Waals surface area (Å²) in [5.41, 5.74) is 2.23. The van der Waals surface area contributed by atoms with Gasteiger partial charge in [0.1, 0.15) is 0 Å². The molecule has 2 rings (SSSR count). The van der Waals surface area contributed by atoms with Crippen LogP contribution in [0.4, 0.5) is 5.69 Å². The first-order chi connectivity index (χ1) is 8.22. The summed E-state index contributed by atoms with van der Waals surface area (Å²) in [5.74, 6) is 0. The van der Waals surface area contributed by atoms with E-state index >= 15 is 0 Å². The third-order valence-electron chi connectivity index (χ3n) is 3.63. The van der Waals surface area contributed by atoms with E-state index in [1.807, 2.05) is 18.2 Å². The summed E-state index contributed by atoms with van der Waals surface area (Å²) in [6, 6.07) is 8.78. The van der Waals surface area contributed by atoms with Crippen LogP contribution in [0.15, 0.2) is 24.3 Å². The van der Waals surface area contributed by atoms with Gasteiger partial charge in [0.2, 0.25) is 0 Å². The highest BCUT2D eigenvalue weighted by Crippen LogP contribution is 2.25. The molecule has 1 saturated heterocycles. The van der Waals surface area contributed by atoms with Crippen molar-refractivity contribution < 1.29 is 5.11 Å². The Hall–Kier alpha value is -1.06. The molecule has 0 spiro atoms. The average Bonchev–Trinajstić information content (AvgIpc) is 2.39. The van der Waals surface area contributed by atoms with Gasteiger partial charge in [-0.1, -0.05) is 18.2 Å². The van der Waals surface area contributed by atoms with Crippen molar-refractivity contribution in [3.05, 3.63) is 29.8 Å². The molecule has 1 atom stereocenters. The van der Waals surface area contributed by atoms with Crippen LogP contribution in [-0.2, 0) is 6.61 Å². The van der Waals surface area contributed by atoms with E-state index in [1.54, 1.807) is 0 Å². The van der Waals surface area contributed by atoms with Crippen LogP contribution in [0.1, 0.15) is 18.4 Å². The molecule has 1 aliphatic rings. The van der Waals surface area contributed by atoms with E-state index in [0.717, 1.165) is 18.7 Å². The van der Waals surface area contributed by atoms with Gasteiger partial charge in [0.25, 0.3) is 0 Å². The Morgan fingerprint density at radius 3 is 2.82 bits per heavy atom. The molecular weight excluding hydrogens is 212 g/mol. The van der Waals surface area contributed by atoms with E-state index in [1.165, 1.54) is 18.5 Å². The smallest absolute Gasteiger partial charge is 0.0702 e. The first-order valence-corrected chi connectivity index (χ1v) is 6.32. The van der Waals surface area contributed by atoms with E-state index < -0.39 is 0 Å². The van der Waals surface area contributed by atoms with Crippen molar-refractivity contribution in [2.45, 2.75) is 25.5 Å². The number of aliphatic hydroxyl groups excluding tert-OH is 1. The first kappa shape index (κ1) is 12.4. The third kappa shape index (κ3) is 2.79. The number of likely N-dealkylation sites (N-methyl/N-ethyl adjacent to an activating group) is 1. The number of nitrogens with zero attached hydrogens (tertiary/aromatic N) is 2. The highest BCUT2D eigenvalue weighted by atomic mass is 16.3. The maximum Gasteiger partial charge on any atom is 0.0702 e. The maximum atomic E-state index is 9.39. The molecule has 0 saturated carbocycles. The molecule has 1 aromatic carbocycles. The molecule has 1 heterocycles. The van der Waals surface area contributed by atoms with Gasteiger partial charge in [-0.25, -0.2) is 0 Å². The van der Waals surface area contributed by atoms with Crippen LogP contribution in [0, 0.1) is 0 Å². The zero-order valence-electron chi connectivity index (χ0n) is 10.8. The average molecular weight is 234 g/mol. The Morgan fingerprint density at radius 2 is 2.12 bits per heavy atom. The molecule has 94 valence electrons. The molecule has 0 radical (unpaired) electrons. The van der Waals surface area contributed by atoms with Crippen molar-refractivity contribution in [2.75, 3.05) is 32.1 Å². The molecule has 1 fully saturated rings. The summed E-state index contributed by atoms with van der Waals surface area (Å²) in [7, 11) is 4.29. The Balaban J connectivity index is 2.16. The molecule has 0 aromatic heterocycles. The number of hydrogen-bond donors (Lipinski definition) is 1. The number of benzene rings is 1. The fourth-order valence-corrected chi connectivity index (χ4v) is 2.55. The zero-order chi connectivity index (χ0) is 12.3. The van der Waals surface area contributed by atoms with Crippen molar-refractivity contribution in [2.24, 2.45) is 0 Å². The second-order valence-electron chi connectivity index (χ2n) is 4.99. The summed E-state index contributed by atoms with van der Waals surface area (Å²) in [6.45, 7) is 2.28. The van der Waals surface area contributed by atoms with E-state index in [-0.39, 0.29) is 6.61 Å². The lowest BCUT2D eigenvalue weighted by Gasteiger charge is -2.38. The third-order valence-corrected chi connectivity index (χ3v) is 3.63. The molecule has 0 aliphatic carbocycles. The van der Waals surface area contributed by atoms with Crippen LogP contribution in [0.5, 0.6) is 0 Å². The Bertz CT molecular complexity index is 365. The Kier molecular flexibility index (Phi) is 4.02. The molecule has 1 N–H and O–H groups in total. The number of piperidine rings is 1. The number of rotatable bonds is 3. The van der Waals surface area contributed by atoms with Gasteiger partial charge in [-0.05, 0) is 33.0 Å². The van der Waals surface area contributed by atoms with Crippen LogP contribution < -0.4 is 4.90 Å². The molecule has 1 unspecified atom stereocenters. The summed E-state index contributed by atoms with van der Waals surface area (Å²) >= 11 is 0. The zero-order valence-corrected chi connectivity index (χ0v) is 10.8. The van der Waals surface area contributed by atoms with Crippen LogP contribution in [-0.4, -0.2) is 43.2 Å². The van der Waals surface area contributed by atoms with Gasteiger partial charge < -0.3 is 14.9 Å².